The second-order valence-electron chi connectivity index (χ2n) is 3.36. The van der Waals surface area contributed by atoms with E-state index in [4.69, 9.17) is 11.6 Å². The molecule has 1 heterocycles. The largest absolute Gasteiger partial charge is 0.462 e. The Hall–Kier alpha value is -2.48. The summed E-state index contributed by atoms with van der Waals surface area (Å²) in [6.07, 6.45) is 1.34. The number of nitrogens with one attached hydrogen (secondary N) is 1. The number of halogens is 1. The number of hydrogen-bond acceptors (Lipinski definition) is 6. The van der Waals surface area contributed by atoms with E-state index in [2.05, 4.69) is 25.6 Å². The molecule has 0 radical (unpaired) electrons. The quantitative estimate of drug-likeness (QED) is 0.633. The summed E-state index contributed by atoms with van der Waals surface area (Å²) >= 11 is 5.85. The van der Waals surface area contributed by atoms with Gasteiger partial charge in [0.2, 0.25) is 0 Å². The molecule has 1 amide bonds. The monoisotopic (exact) mass is 281 g/mol. The molecule has 8 nitrogen and oxygen atoms in total. The van der Waals surface area contributed by atoms with E-state index in [1.165, 1.54) is 17.1 Å². The maximum absolute atomic E-state index is 11.5. The van der Waals surface area contributed by atoms with Crippen LogP contribution in [0.5, 0.6) is 0 Å². The van der Waals surface area contributed by atoms with Gasteiger partial charge in [0.15, 0.2) is 0 Å². The minimum Gasteiger partial charge on any atom is -0.462 e. The van der Waals surface area contributed by atoms with Crippen molar-refractivity contribution in [3.63, 3.8) is 0 Å². The predicted octanol–water partition coefficient (Wildman–Crippen LogP) is 0.427. The lowest BCUT2D eigenvalue weighted by Gasteiger charge is -2.09. The number of hydrogen-bond donors (Lipinski definition) is 1. The number of esters is 1. The lowest BCUT2D eigenvalue weighted by Crippen LogP contribution is -2.24. The van der Waals surface area contributed by atoms with Crippen LogP contribution >= 0.6 is 11.6 Å². The first kappa shape index (κ1) is 13.0. The Morgan fingerprint density at radius 2 is 2.21 bits per heavy atom. The molecule has 0 fully saturated rings. The summed E-state index contributed by atoms with van der Waals surface area (Å²) in [6.45, 7) is 0. The molecule has 2 rings (SSSR count). The molecule has 19 heavy (non-hydrogen) atoms. The molecule has 1 aromatic carbocycles. The number of methoxy groups -OCH3 is 1. The van der Waals surface area contributed by atoms with Crippen LogP contribution in [0.3, 0.4) is 0 Å². The molecule has 1 N–H and O–H groups in total. The average molecular weight is 282 g/mol. The van der Waals surface area contributed by atoms with Gasteiger partial charge in [-0.1, -0.05) is 11.6 Å². The minimum atomic E-state index is -1.01. The van der Waals surface area contributed by atoms with Gasteiger partial charge < -0.3 is 10.1 Å². The molecule has 0 atom stereocenters. The van der Waals surface area contributed by atoms with Crippen LogP contribution in [0.25, 0.3) is 5.69 Å². The maximum Gasteiger partial charge on any atom is 0.396 e. The lowest BCUT2D eigenvalue weighted by atomic mass is 10.2. The topological polar surface area (TPSA) is 99.0 Å². The van der Waals surface area contributed by atoms with Gasteiger partial charge in [-0.05, 0) is 28.6 Å². The van der Waals surface area contributed by atoms with E-state index in [9.17, 15) is 9.59 Å². The number of carbonyl (C=O) groups is 2. The molecule has 0 saturated heterocycles. The molecule has 0 aliphatic carbocycles. The number of rotatable bonds is 2. The number of benzene rings is 1. The predicted molar refractivity (Wildman–Crippen MR) is 64.8 cm³/mol. The highest BCUT2D eigenvalue weighted by Gasteiger charge is 2.17. The van der Waals surface area contributed by atoms with Crippen molar-refractivity contribution in [3.8, 4) is 5.69 Å². The van der Waals surface area contributed by atoms with Crippen LogP contribution in [0.15, 0.2) is 24.5 Å². The van der Waals surface area contributed by atoms with Crippen LogP contribution in [-0.4, -0.2) is 39.2 Å². The normalized spacial score (nSPS) is 10.0. The van der Waals surface area contributed by atoms with E-state index in [0.717, 1.165) is 7.11 Å². The Morgan fingerprint density at radius 1 is 1.42 bits per heavy atom. The fourth-order valence-electron chi connectivity index (χ4n) is 1.35. The van der Waals surface area contributed by atoms with Gasteiger partial charge in [0.05, 0.1) is 18.5 Å². The van der Waals surface area contributed by atoms with Crippen molar-refractivity contribution in [3.05, 3.63) is 29.5 Å². The number of carbonyl (C=O) groups excluding carboxylic acids is 2. The second-order valence-corrected chi connectivity index (χ2v) is 3.80. The second kappa shape index (κ2) is 5.44. The number of ether oxygens (including phenoxy) is 1. The van der Waals surface area contributed by atoms with Crippen LogP contribution in [-0.2, 0) is 14.3 Å². The SMILES string of the molecule is COC(=O)C(=O)Nc1cc(Cl)ccc1-n1cnnn1. The van der Waals surface area contributed by atoms with Crippen molar-refractivity contribution in [2.75, 3.05) is 12.4 Å². The van der Waals surface area contributed by atoms with Gasteiger partial charge in [-0.15, -0.1) is 5.10 Å². The average Bonchev–Trinajstić information content (AvgIpc) is 2.91. The summed E-state index contributed by atoms with van der Waals surface area (Å²) in [5.74, 6) is -1.93. The van der Waals surface area contributed by atoms with Crippen molar-refractivity contribution in [2.24, 2.45) is 0 Å². The Balaban J connectivity index is 2.36. The van der Waals surface area contributed by atoms with Crippen molar-refractivity contribution >= 4 is 29.2 Å². The first-order chi connectivity index (χ1) is 9.11. The molecule has 98 valence electrons. The third-order valence-electron chi connectivity index (χ3n) is 2.17. The molecule has 2 aromatic rings. The Bertz CT molecular complexity index is 614. The Morgan fingerprint density at radius 3 is 2.84 bits per heavy atom. The standard InChI is InChI=1S/C10H8ClN5O3/c1-19-10(18)9(17)13-7-4-6(11)2-3-8(7)16-5-12-14-15-16/h2-5H,1H3,(H,13,17). The fraction of sp³-hybridized carbons (Fsp3) is 0.100. The highest BCUT2D eigenvalue weighted by molar-refractivity contribution is 6.37. The molecule has 9 heteroatoms. The van der Waals surface area contributed by atoms with Crippen LogP contribution in [0, 0.1) is 0 Å². The fourth-order valence-corrected chi connectivity index (χ4v) is 1.52. The van der Waals surface area contributed by atoms with E-state index in [0.29, 0.717) is 10.7 Å². The summed E-state index contributed by atoms with van der Waals surface area (Å²) < 4.78 is 5.64. The summed E-state index contributed by atoms with van der Waals surface area (Å²) in [4.78, 5) is 22.6. The number of tetrazole rings is 1. The number of anilines is 1. The molecule has 0 aliphatic rings. The third-order valence-corrected chi connectivity index (χ3v) is 2.41. The molecule has 1 aromatic heterocycles. The smallest absolute Gasteiger partial charge is 0.396 e. The highest BCUT2D eigenvalue weighted by atomic mass is 35.5. The van der Waals surface area contributed by atoms with E-state index >= 15 is 0 Å². The zero-order valence-corrected chi connectivity index (χ0v) is 10.5. The van der Waals surface area contributed by atoms with E-state index in [1.807, 2.05) is 0 Å². The van der Waals surface area contributed by atoms with Gasteiger partial charge in [-0.25, -0.2) is 4.79 Å². The zero-order chi connectivity index (χ0) is 13.8. The zero-order valence-electron chi connectivity index (χ0n) is 9.70. The van der Waals surface area contributed by atoms with Gasteiger partial charge in [-0.3, -0.25) is 4.79 Å². The number of nitrogens with zero attached hydrogens (tertiary/aromatic N) is 4. The molecular weight excluding hydrogens is 274 g/mol. The Kier molecular flexibility index (Phi) is 3.71. The first-order valence-electron chi connectivity index (χ1n) is 5.04. The summed E-state index contributed by atoms with van der Waals surface area (Å²) in [6, 6.07) is 4.68. The summed E-state index contributed by atoms with van der Waals surface area (Å²) in [7, 11) is 1.11. The minimum absolute atomic E-state index is 0.287. The van der Waals surface area contributed by atoms with Gasteiger partial charge >= 0.3 is 11.9 Å². The van der Waals surface area contributed by atoms with Gasteiger partial charge in [0.25, 0.3) is 0 Å². The molecular formula is C10H8ClN5O3. The van der Waals surface area contributed by atoms with E-state index in [-0.39, 0.29) is 5.69 Å². The van der Waals surface area contributed by atoms with Gasteiger partial charge in [0, 0.05) is 5.02 Å². The van der Waals surface area contributed by atoms with Crippen molar-refractivity contribution < 1.29 is 14.3 Å². The molecule has 0 aliphatic heterocycles. The van der Waals surface area contributed by atoms with Crippen LogP contribution in [0.1, 0.15) is 0 Å². The van der Waals surface area contributed by atoms with Crippen LogP contribution < -0.4 is 5.32 Å². The Labute approximate surface area is 112 Å². The molecule has 0 bridgehead atoms. The van der Waals surface area contributed by atoms with Crippen molar-refractivity contribution in [1.82, 2.24) is 20.2 Å². The van der Waals surface area contributed by atoms with Crippen molar-refractivity contribution in [2.45, 2.75) is 0 Å². The van der Waals surface area contributed by atoms with Crippen LogP contribution in [0.2, 0.25) is 5.02 Å². The third kappa shape index (κ3) is 2.86. The first-order valence-corrected chi connectivity index (χ1v) is 5.42. The van der Waals surface area contributed by atoms with Crippen molar-refractivity contribution in [1.29, 1.82) is 0 Å². The summed E-state index contributed by atoms with van der Waals surface area (Å²) in [5, 5.41) is 13.4. The van der Waals surface area contributed by atoms with Gasteiger partial charge in [0.1, 0.15) is 6.33 Å². The van der Waals surface area contributed by atoms with Gasteiger partial charge in [-0.2, -0.15) is 4.68 Å². The lowest BCUT2D eigenvalue weighted by molar-refractivity contribution is -0.150. The molecule has 0 spiro atoms. The molecule has 0 saturated carbocycles. The van der Waals surface area contributed by atoms with E-state index in [1.54, 1.807) is 12.1 Å². The number of aromatic nitrogens is 4. The number of amides is 1. The maximum atomic E-state index is 11.5. The molecule has 0 unspecified atom stereocenters. The van der Waals surface area contributed by atoms with Crippen LogP contribution in [0.4, 0.5) is 5.69 Å². The van der Waals surface area contributed by atoms with E-state index < -0.39 is 11.9 Å². The highest BCUT2D eigenvalue weighted by Crippen LogP contribution is 2.23. The summed E-state index contributed by atoms with van der Waals surface area (Å²) in [5.41, 5.74) is 0.752.